The Morgan fingerprint density at radius 3 is 2.83 bits per heavy atom. The Kier molecular flexibility index (Phi) is 5.09. The van der Waals surface area contributed by atoms with Crippen molar-refractivity contribution in [3.05, 3.63) is 53.8 Å². The summed E-state index contributed by atoms with van der Waals surface area (Å²) in [6, 6.07) is 13.6. The first-order valence-electron chi connectivity index (χ1n) is 9.85. The largest absolute Gasteiger partial charge is 0.497 e. The third-order valence-electron chi connectivity index (χ3n) is 5.47. The summed E-state index contributed by atoms with van der Waals surface area (Å²) in [6.45, 7) is 6.13. The van der Waals surface area contributed by atoms with Gasteiger partial charge in [0.15, 0.2) is 5.76 Å². The van der Waals surface area contributed by atoms with Gasteiger partial charge in [0.25, 0.3) is 5.91 Å². The minimum Gasteiger partial charge on any atom is -0.497 e. The lowest BCUT2D eigenvalue weighted by atomic mass is 10.1. The predicted molar refractivity (Wildman–Crippen MR) is 113 cm³/mol. The van der Waals surface area contributed by atoms with Crippen LogP contribution in [0.4, 0.5) is 5.69 Å². The highest BCUT2D eigenvalue weighted by molar-refractivity contribution is 5.99. The fraction of sp³-hybridized carbons (Fsp3) is 0.348. The van der Waals surface area contributed by atoms with Crippen LogP contribution in [0.1, 0.15) is 23.0 Å². The van der Waals surface area contributed by atoms with Gasteiger partial charge in [-0.15, -0.1) is 0 Å². The highest BCUT2D eigenvalue weighted by Crippen LogP contribution is 2.33. The van der Waals surface area contributed by atoms with Crippen molar-refractivity contribution in [3.63, 3.8) is 0 Å². The van der Waals surface area contributed by atoms with Gasteiger partial charge in [-0.05, 0) is 44.2 Å². The van der Waals surface area contributed by atoms with Crippen LogP contribution in [-0.4, -0.2) is 50.7 Å². The van der Waals surface area contributed by atoms with E-state index in [1.54, 1.807) is 19.1 Å². The molecule has 0 saturated carbocycles. The zero-order valence-corrected chi connectivity index (χ0v) is 17.3. The molecule has 0 saturated heterocycles. The van der Waals surface area contributed by atoms with Crippen LogP contribution >= 0.6 is 0 Å². The van der Waals surface area contributed by atoms with Crippen LogP contribution in [0.15, 0.2) is 46.9 Å². The highest BCUT2D eigenvalue weighted by atomic mass is 16.5. The Morgan fingerprint density at radius 2 is 2.07 bits per heavy atom. The molecule has 0 N–H and O–H groups in total. The van der Waals surface area contributed by atoms with Gasteiger partial charge in [0.2, 0.25) is 0 Å². The maximum absolute atomic E-state index is 13.1. The van der Waals surface area contributed by atoms with E-state index < -0.39 is 0 Å². The zero-order valence-electron chi connectivity index (χ0n) is 17.3. The monoisotopic (exact) mass is 394 g/mol. The molecule has 0 spiro atoms. The summed E-state index contributed by atoms with van der Waals surface area (Å²) >= 11 is 0. The number of hydrogen-bond acceptors (Lipinski definition) is 5. The van der Waals surface area contributed by atoms with Crippen LogP contribution in [0.3, 0.4) is 0 Å². The van der Waals surface area contributed by atoms with E-state index in [-0.39, 0.29) is 12.0 Å². The first-order chi connectivity index (χ1) is 14.0. The molecular formula is C23H26N2O4. The molecule has 0 bridgehead atoms. The van der Waals surface area contributed by atoms with E-state index in [0.717, 1.165) is 41.2 Å². The zero-order chi connectivity index (χ0) is 20.5. The molecule has 1 aromatic heterocycles. The van der Waals surface area contributed by atoms with Crippen molar-refractivity contribution in [2.75, 3.05) is 38.7 Å². The van der Waals surface area contributed by atoms with E-state index in [1.807, 2.05) is 43.3 Å². The molecule has 2 aromatic carbocycles. The topological polar surface area (TPSA) is 55.2 Å². The highest BCUT2D eigenvalue weighted by Gasteiger charge is 2.28. The Labute approximate surface area is 170 Å². The quantitative estimate of drug-likeness (QED) is 0.652. The number of hydrogen-bond donors (Lipinski definition) is 0. The maximum Gasteiger partial charge on any atom is 0.289 e. The Bertz CT molecular complexity index is 1040. The fourth-order valence-electron chi connectivity index (χ4n) is 3.87. The summed E-state index contributed by atoms with van der Waals surface area (Å²) in [5.74, 6) is 1.81. The van der Waals surface area contributed by atoms with Gasteiger partial charge >= 0.3 is 0 Å². The van der Waals surface area contributed by atoms with E-state index in [4.69, 9.17) is 13.9 Å². The molecule has 6 heteroatoms. The molecule has 1 amide bonds. The van der Waals surface area contributed by atoms with Crippen molar-refractivity contribution in [1.82, 2.24) is 4.90 Å². The van der Waals surface area contributed by atoms with Crippen molar-refractivity contribution in [3.8, 4) is 11.5 Å². The van der Waals surface area contributed by atoms with Crippen LogP contribution in [0.25, 0.3) is 11.0 Å². The number of furan rings is 1. The molecule has 4 rings (SSSR count). The van der Waals surface area contributed by atoms with Crippen molar-refractivity contribution in [2.24, 2.45) is 0 Å². The molecule has 0 unspecified atom stereocenters. The second-order valence-electron chi connectivity index (χ2n) is 7.35. The lowest BCUT2D eigenvalue weighted by Gasteiger charge is -2.37. The van der Waals surface area contributed by atoms with E-state index in [0.29, 0.717) is 17.9 Å². The molecule has 1 aliphatic rings. The minimum absolute atomic E-state index is 0.108. The van der Waals surface area contributed by atoms with E-state index in [9.17, 15) is 4.79 Å². The van der Waals surface area contributed by atoms with Crippen LogP contribution in [0, 0.1) is 6.92 Å². The Hall–Kier alpha value is -3.15. The molecule has 0 aliphatic carbocycles. The summed E-state index contributed by atoms with van der Waals surface area (Å²) in [7, 11) is 3.41. The number of anilines is 1. The molecule has 1 atom stereocenters. The second kappa shape index (κ2) is 7.70. The van der Waals surface area contributed by atoms with Gasteiger partial charge in [0, 0.05) is 24.5 Å². The first kappa shape index (κ1) is 19.2. The molecule has 152 valence electrons. The van der Waals surface area contributed by atoms with Crippen molar-refractivity contribution in [2.45, 2.75) is 20.0 Å². The maximum atomic E-state index is 13.1. The van der Waals surface area contributed by atoms with E-state index in [2.05, 4.69) is 17.9 Å². The average Bonchev–Trinajstić information content (AvgIpc) is 3.08. The van der Waals surface area contributed by atoms with Gasteiger partial charge in [0.05, 0.1) is 25.9 Å². The number of carbonyl (C=O) groups is 1. The number of benzene rings is 2. The van der Waals surface area contributed by atoms with Gasteiger partial charge < -0.3 is 23.7 Å². The average molecular weight is 394 g/mol. The molecular weight excluding hydrogens is 368 g/mol. The third kappa shape index (κ3) is 3.50. The number of amides is 1. The third-order valence-corrected chi connectivity index (χ3v) is 5.47. The molecule has 3 aromatic rings. The first-order valence-corrected chi connectivity index (χ1v) is 9.85. The number of nitrogens with zero attached hydrogens (tertiary/aromatic N) is 2. The van der Waals surface area contributed by atoms with Crippen LogP contribution < -0.4 is 14.4 Å². The summed E-state index contributed by atoms with van der Waals surface area (Å²) in [4.78, 5) is 17.0. The summed E-state index contributed by atoms with van der Waals surface area (Å²) in [5, 5.41) is 0.890. The lowest BCUT2D eigenvalue weighted by molar-refractivity contribution is 0.0681. The molecule has 29 heavy (non-hydrogen) atoms. The fourth-order valence-corrected chi connectivity index (χ4v) is 3.87. The van der Waals surface area contributed by atoms with Crippen molar-refractivity contribution >= 4 is 22.6 Å². The van der Waals surface area contributed by atoms with Crippen LogP contribution in [0.2, 0.25) is 0 Å². The SMILES string of the molecule is CCN1C[C@@H](CN(C)C(=O)c2oc3ccc(OC)cc3c2C)Oc2ccccc21. The number of fused-ring (bicyclic) bond motifs is 2. The smallest absolute Gasteiger partial charge is 0.289 e. The van der Waals surface area contributed by atoms with Gasteiger partial charge in [0.1, 0.15) is 23.2 Å². The van der Waals surface area contributed by atoms with Crippen molar-refractivity contribution < 1.29 is 18.7 Å². The number of likely N-dealkylation sites (N-methyl/N-ethyl adjacent to an activating group) is 2. The summed E-state index contributed by atoms with van der Waals surface area (Å²) in [6.07, 6.45) is -0.108. The van der Waals surface area contributed by atoms with Gasteiger partial charge in [-0.2, -0.15) is 0 Å². The van der Waals surface area contributed by atoms with Gasteiger partial charge in [-0.3, -0.25) is 4.79 Å². The number of carbonyl (C=O) groups excluding carboxylic acids is 1. The molecule has 6 nitrogen and oxygen atoms in total. The normalized spacial score (nSPS) is 15.7. The number of aryl methyl sites for hydroxylation is 1. The summed E-state index contributed by atoms with van der Waals surface area (Å²) in [5.41, 5.74) is 2.60. The number of para-hydroxylation sites is 2. The van der Waals surface area contributed by atoms with Crippen LogP contribution in [0.5, 0.6) is 11.5 Å². The standard InChI is InChI=1S/C23H26N2O4/c1-5-25-14-17(28-21-9-7-6-8-19(21)25)13-24(3)23(26)22-15(2)18-12-16(27-4)10-11-20(18)29-22/h6-12,17H,5,13-14H2,1-4H3/t17-/m1/s1. The Balaban J connectivity index is 1.53. The Morgan fingerprint density at radius 1 is 1.28 bits per heavy atom. The summed E-state index contributed by atoms with van der Waals surface area (Å²) < 4.78 is 17.3. The second-order valence-corrected chi connectivity index (χ2v) is 7.35. The molecule has 0 fully saturated rings. The van der Waals surface area contributed by atoms with Gasteiger partial charge in [-0.25, -0.2) is 0 Å². The molecule has 0 radical (unpaired) electrons. The predicted octanol–water partition coefficient (Wildman–Crippen LogP) is 4.11. The van der Waals surface area contributed by atoms with Crippen LogP contribution in [-0.2, 0) is 0 Å². The number of methoxy groups -OCH3 is 1. The van der Waals surface area contributed by atoms with Crippen molar-refractivity contribution in [1.29, 1.82) is 0 Å². The molecule has 1 aliphatic heterocycles. The molecule has 2 heterocycles. The number of ether oxygens (including phenoxy) is 2. The lowest BCUT2D eigenvalue weighted by Crippen LogP contribution is -2.46. The van der Waals surface area contributed by atoms with E-state index >= 15 is 0 Å². The van der Waals surface area contributed by atoms with Gasteiger partial charge in [-0.1, -0.05) is 12.1 Å². The number of rotatable bonds is 5. The van der Waals surface area contributed by atoms with E-state index in [1.165, 1.54) is 0 Å². The minimum atomic E-state index is -0.150.